The van der Waals surface area contributed by atoms with E-state index in [1.807, 2.05) is 24.3 Å². The quantitative estimate of drug-likeness (QED) is 0.160. The Balaban J connectivity index is 0.952. The first kappa shape index (κ1) is 33.6. The zero-order chi connectivity index (χ0) is 38.4. The van der Waals surface area contributed by atoms with E-state index in [0.717, 1.165) is 61.4 Å². The number of fused-ring (bicyclic) bond motifs is 8. The minimum atomic E-state index is 0.705. The predicted octanol–water partition coefficient (Wildman–Crippen LogP) is 14.5. The van der Waals surface area contributed by atoms with Crippen molar-refractivity contribution >= 4 is 43.2 Å². The Morgan fingerprint density at radius 1 is 0.241 bits per heavy atom. The van der Waals surface area contributed by atoms with Gasteiger partial charge in [0.15, 0.2) is 5.82 Å². The van der Waals surface area contributed by atoms with Crippen molar-refractivity contribution in [3.8, 4) is 67.4 Å². The summed E-state index contributed by atoms with van der Waals surface area (Å²) in [7, 11) is 0. The Morgan fingerprint density at radius 3 is 1.14 bits per heavy atom. The molecule has 3 heteroatoms. The van der Waals surface area contributed by atoms with Crippen molar-refractivity contribution in [2.24, 2.45) is 0 Å². The highest BCUT2D eigenvalue weighted by Gasteiger charge is 2.17. The third-order valence-electron chi connectivity index (χ3n) is 11.3. The van der Waals surface area contributed by atoms with Crippen molar-refractivity contribution in [1.82, 2.24) is 15.0 Å². The molecule has 11 aromatic rings. The van der Waals surface area contributed by atoms with Gasteiger partial charge >= 0.3 is 0 Å². The van der Waals surface area contributed by atoms with Crippen LogP contribution in [0.4, 0.5) is 0 Å². The molecule has 0 unspecified atom stereocenters. The molecule has 58 heavy (non-hydrogen) atoms. The summed E-state index contributed by atoms with van der Waals surface area (Å²) in [5.41, 5.74) is 12.6. The molecule has 0 spiro atoms. The molecule has 0 amide bonds. The molecule has 3 nitrogen and oxygen atoms in total. The van der Waals surface area contributed by atoms with E-state index in [1.165, 1.54) is 43.4 Å². The molecule has 2 aromatic heterocycles. The van der Waals surface area contributed by atoms with E-state index in [0.29, 0.717) is 5.82 Å². The molecule has 0 saturated heterocycles. The molecular formula is C55H35N3. The van der Waals surface area contributed by atoms with Crippen LogP contribution < -0.4 is 0 Å². The molecule has 0 radical (unpaired) electrons. The highest BCUT2D eigenvalue weighted by Crippen LogP contribution is 2.41. The highest BCUT2D eigenvalue weighted by atomic mass is 14.9. The van der Waals surface area contributed by atoms with Crippen LogP contribution in [0.25, 0.3) is 111 Å². The van der Waals surface area contributed by atoms with Gasteiger partial charge in [-0.3, -0.25) is 0 Å². The van der Waals surface area contributed by atoms with Crippen LogP contribution in [-0.2, 0) is 0 Å². The van der Waals surface area contributed by atoms with E-state index in [2.05, 4.69) is 188 Å². The second-order valence-corrected chi connectivity index (χ2v) is 14.7. The van der Waals surface area contributed by atoms with Gasteiger partial charge in [-0.2, -0.15) is 0 Å². The molecule has 0 bridgehead atoms. The molecule has 0 N–H and O–H groups in total. The summed E-state index contributed by atoms with van der Waals surface area (Å²) in [5, 5.41) is 8.47. The van der Waals surface area contributed by atoms with Crippen LogP contribution in [0.2, 0.25) is 0 Å². The van der Waals surface area contributed by atoms with E-state index in [4.69, 9.17) is 15.0 Å². The first-order chi connectivity index (χ1) is 28.7. The molecule has 270 valence electrons. The Hall–Kier alpha value is -7.75. The lowest BCUT2D eigenvalue weighted by molar-refractivity contribution is 1.18. The van der Waals surface area contributed by atoms with Gasteiger partial charge in [-0.1, -0.05) is 206 Å². The summed E-state index contributed by atoms with van der Waals surface area (Å²) in [4.78, 5) is 15.6. The Bertz CT molecular complexity index is 3280. The summed E-state index contributed by atoms with van der Waals surface area (Å²) in [6.45, 7) is 0. The SMILES string of the molecule is c1ccc(-c2ccc(-c3cc(-c4ccc(-c5ccc(-c6nc7c8ccccc8c8ccccc8c7c7ccccc67)cc5)cc4)nc(-c4ccccc4)n3)cc2)cc1. The number of pyridine rings is 1. The van der Waals surface area contributed by atoms with Gasteiger partial charge in [-0.15, -0.1) is 0 Å². The maximum atomic E-state index is 5.46. The maximum Gasteiger partial charge on any atom is 0.160 e. The highest BCUT2D eigenvalue weighted by molar-refractivity contribution is 6.31. The molecule has 0 aliphatic rings. The number of rotatable bonds is 6. The molecule has 0 aliphatic heterocycles. The number of hydrogen-bond donors (Lipinski definition) is 0. The van der Waals surface area contributed by atoms with Crippen LogP contribution >= 0.6 is 0 Å². The summed E-state index contributed by atoms with van der Waals surface area (Å²) < 4.78 is 0. The van der Waals surface area contributed by atoms with Gasteiger partial charge in [0.05, 0.1) is 22.6 Å². The Morgan fingerprint density at radius 2 is 0.603 bits per heavy atom. The van der Waals surface area contributed by atoms with Gasteiger partial charge < -0.3 is 0 Å². The van der Waals surface area contributed by atoms with Gasteiger partial charge in [0, 0.05) is 38.4 Å². The maximum absolute atomic E-state index is 5.46. The lowest BCUT2D eigenvalue weighted by atomic mass is 9.92. The van der Waals surface area contributed by atoms with Crippen LogP contribution in [0.5, 0.6) is 0 Å². The molecule has 11 rings (SSSR count). The summed E-state index contributed by atoms with van der Waals surface area (Å²) in [6, 6.07) is 75.0. The molecule has 2 heterocycles. The van der Waals surface area contributed by atoms with Crippen LogP contribution in [0.1, 0.15) is 0 Å². The third kappa shape index (κ3) is 5.89. The number of hydrogen-bond acceptors (Lipinski definition) is 3. The van der Waals surface area contributed by atoms with Crippen molar-refractivity contribution in [1.29, 1.82) is 0 Å². The largest absolute Gasteiger partial charge is 0.246 e. The standard InChI is InChI=1S/C55H35N3/c1-3-13-36(14-4-1)37-23-29-40(30-24-37)50-35-51(57-55(56-50)43-15-5-2-6-16-43)41-31-25-38(26-32-41)39-27-33-42(34-28-39)53-49-22-12-10-20-47(49)52-46-19-9-7-17-44(46)45-18-8-11-21-48(45)54(52)58-53/h1-35H. The fourth-order valence-electron chi connectivity index (χ4n) is 8.39. The lowest BCUT2D eigenvalue weighted by Gasteiger charge is -2.15. The van der Waals surface area contributed by atoms with Crippen molar-refractivity contribution < 1.29 is 0 Å². The number of aromatic nitrogens is 3. The minimum Gasteiger partial charge on any atom is -0.246 e. The fourth-order valence-corrected chi connectivity index (χ4v) is 8.39. The number of nitrogens with zero attached hydrogens (tertiary/aromatic N) is 3. The average Bonchev–Trinajstić information content (AvgIpc) is 3.32. The minimum absolute atomic E-state index is 0.705. The van der Waals surface area contributed by atoms with Gasteiger partial charge in [0.1, 0.15) is 0 Å². The van der Waals surface area contributed by atoms with Crippen LogP contribution in [0, 0.1) is 0 Å². The van der Waals surface area contributed by atoms with E-state index in [-0.39, 0.29) is 0 Å². The van der Waals surface area contributed by atoms with E-state index in [1.54, 1.807) is 0 Å². The van der Waals surface area contributed by atoms with Crippen molar-refractivity contribution in [3.05, 3.63) is 212 Å². The molecule has 0 saturated carbocycles. The van der Waals surface area contributed by atoms with Crippen molar-refractivity contribution in [3.63, 3.8) is 0 Å². The second-order valence-electron chi connectivity index (χ2n) is 14.7. The topological polar surface area (TPSA) is 38.7 Å². The van der Waals surface area contributed by atoms with Crippen LogP contribution in [-0.4, -0.2) is 15.0 Å². The molecule has 0 fully saturated rings. The average molecular weight is 738 g/mol. The lowest BCUT2D eigenvalue weighted by Crippen LogP contribution is -1.96. The number of benzene rings is 9. The van der Waals surface area contributed by atoms with E-state index >= 15 is 0 Å². The molecule has 0 atom stereocenters. The Labute approximate surface area is 336 Å². The fraction of sp³-hybridized carbons (Fsp3) is 0. The molecule has 9 aromatic carbocycles. The summed E-state index contributed by atoms with van der Waals surface area (Å²) in [5.74, 6) is 0.705. The van der Waals surface area contributed by atoms with Gasteiger partial charge in [-0.25, -0.2) is 15.0 Å². The predicted molar refractivity (Wildman–Crippen MR) is 242 cm³/mol. The monoisotopic (exact) mass is 737 g/mol. The first-order valence-corrected chi connectivity index (χ1v) is 19.7. The summed E-state index contributed by atoms with van der Waals surface area (Å²) >= 11 is 0. The van der Waals surface area contributed by atoms with Crippen LogP contribution in [0.3, 0.4) is 0 Å². The normalized spacial score (nSPS) is 11.4. The first-order valence-electron chi connectivity index (χ1n) is 19.7. The third-order valence-corrected chi connectivity index (χ3v) is 11.3. The van der Waals surface area contributed by atoms with E-state index in [9.17, 15) is 0 Å². The van der Waals surface area contributed by atoms with E-state index < -0.39 is 0 Å². The smallest absolute Gasteiger partial charge is 0.160 e. The second kappa shape index (κ2) is 14.1. The van der Waals surface area contributed by atoms with Gasteiger partial charge in [0.2, 0.25) is 0 Å². The van der Waals surface area contributed by atoms with Crippen molar-refractivity contribution in [2.45, 2.75) is 0 Å². The zero-order valence-electron chi connectivity index (χ0n) is 31.5. The van der Waals surface area contributed by atoms with Crippen LogP contribution in [0.15, 0.2) is 212 Å². The van der Waals surface area contributed by atoms with Gasteiger partial charge in [0.25, 0.3) is 0 Å². The summed E-state index contributed by atoms with van der Waals surface area (Å²) in [6.07, 6.45) is 0. The zero-order valence-corrected chi connectivity index (χ0v) is 31.5. The van der Waals surface area contributed by atoms with Gasteiger partial charge in [-0.05, 0) is 49.9 Å². The molecular weight excluding hydrogens is 703 g/mol. The Kier molecular flexibility index (Phi) is 8.15. The molecule has 0 aliphatic carbocycles. The van der Waals surface area contributed by atoms with Crippen molar-refractivity contribution in [2.75, 3.05) is 0 Å².